The fraction of sp³-hybridized carbons (Fsp3) is 0.364. The van der Waals surface area contributed by atoms with Crippen molar-refractivity contribution in [3.05, 3.63) is 72.8 Å². The first-order valence-electron chi connectivity index (χ1n) is 8.99. The standard InChI is InChI=1S/C22H28O2Si/c1-17-15-18(16-21(17)23)24-25(22(2,3)4,19-11-7-5-8-12-19)20-13-9-6-10-14-20/h5-14,18,21,23H,1,15-16H2,2-4H3. The SMILES string of the molecule is C=C1CC(O[Si](c2ccccc2)(c2ccccc2)C(C)(C)C)CC1O. The van der Waals surface area contributed by atoms with Gasteiger partial charge in [-0.05, 0) is 27.4 Å². The van der Waals surface area contributed by atoms with E-state index in [1.165, 1.54) is 10.4 Å². The summed E-state index contributed by atoms with van der Waals surface area (Å²) in [4.78, 5) is 0. The van der Waals surface area contributed by atoms with Gasteiger partial charge in [0.1, 0.15) is 0 Å². The molecule has 25 heavy (non-hydrogen) atoms. The zero-order chi connectivity index (χ0) is 18.1. The third-order valence-corrected chi connectivity index (χ3v) is 10.3. The highest BCUT2D eigenvalue weighted by atomic mass is 28.4. The van der Waals surface area contributed by atoms with Crippen LogP contribution in [0.4, 0.5) is 0 Å². The van der Waals surface area contributed by atoms with Gasteiger partial charge in [0.25, 0.3) is 8.32 Å². The summed E-state index contributed by atoms with van der Waals surface area (Å²) in [6, 6.07) is 21.3. The predicted molar refractivity (Wildman–Crippen MR) is 107 cm³/mol. The Bertz CT molecular complexity index is 679. The molecule has 0 spiro atoms. The van der Waals surface area contributed by atoms with Crippen molar-refractivity contribution < 1.29 is 9.53 Å². The first kappa shape index (κ1) is 18.1. The highest BCUT2D eigenvalue weighted by molar-refractivity contribution is 6.99. The molecule has 0 heterocycles. The molecule has 0 bridgehead atoms. The van der Waals surface area contributed by atoms with Gasteiger partial charge in [0.05, 0.1) is 12.2 Å². The van der Waals surface area contributed by atoms with Crippen LogP contribution < -0.4 is 10.4 Å². The molecule has 132 valence electrons. The van der Waals surface area contributed by atoms with E-state index in [0.717, 1.165) is 12.0 Å². The maximum Gasteiger partial charge on any atom is 0.261 e. The van der Waals surface area contributed by atoms with Crippen molar-refractivity contribution >= 4 is 18.7 Å². The highest BCUT2D eigenvalue weighted by Gasteiger charge is 2.52. The van der Waals surface area contributed by atoms with E-state index < -0.39 is 14.4 Å². The van der Waals surface area contributed by atoms with Crippen LogP contribution in [0.1, 0.15) is 33.6 Å². The number of aliphatic hydroxyl groups excluding tert-OH is 1. The van der Waals surface area contributed by atoms with Crippen molar-refractivity contribution in [2.24, 2.45) is 0 Å². The van der Waals surface area contributed by atoms with Crippen molar-refractivity contribution in [2.45, 2.75) is 50.9 Å². The molecule has 2 aromatic carbocycles. The lowest BCUT2D eigenvalue weighted by molar-refractivity contribution is 0.151. The Hall–Kier alpha value is -1.68. The van der Waals surface area contributed by atoms with Gasteiger partial charge in [0.15, 0.2) is 0 Å². The lowest BCUT2D eigenvalue weighted by Crippen LogP contribution is -2.67. The first-order chi connectivity index (χ1) is 11.8. The van der Waals surface area contributed by atoms with Gasteiger partial charge in [0, 0.05) is 6.42 Å². The van der Waals surface area contributed by atoms with Crippen LogP contribution in [0.3, 0.4) is 0 Å². The van der Waals surface area contributed by atoms with Gasteiger partial charge < -0.3 is 9.53 Å². The summed E-state index contributed by atoms with van der Waals surface area (Å²) in [5.41, 5.74) is 0.892. The minimum absolute atomic E-state index is 0.0220. The smallest absolute Gasteiger partial charge is 0.261 e. The molecule has 2 nitrogen and oxygen atoms in total. The molecule has 2 atom stereocenters. The minimum Gasteiger partial charge on any atom is -0.404 e. The van der Waals surface area contributed by atoms with E-state index in [9.17, 15) is 5.11 Å². The molecule has 2 unspecified atom stereocenters. The van der Waals surface area contributed by atoms with E-state index in [4.69, 9.17) is 4.43 Å². The summed E-state index contributed by atoms with van der Waals surface area (Å²) in [5, 5.41) is 12.7. The molecule has 1 N–H and O–H groups in total. The number of rotatable bonds is 4. The lowest BCUT2D eigenvalue weighted by atomic mass is 10.2. The van der Waals surface area contributed by atoms with Crippen molar-refractivity contribution in [3.63, 3.8) is 0 Å². The van der Waals surface area contributed by atoms with Gasteiger partial charge in [-0.3, -0.25) is 0 Å². The number of aliphatic hydroxyl groups is 1. The number of hydrogen-bond acceptors (Lipinski definition) is 2. The van der Waals surface area contributed by atoms with Gasteiger partial charge >= 0.3 is 0 Å². The third-order valence-electron chi connectivity index (χ3n) is 5.21. The molecule has 1 aliphatic carbocycles. The maximum atomic E-state index is 10.1. The summed E-state index contributed by atoms with van der Waals surface area (Å²) < 4.78 is 6.99. The fourth-order valence-corrected chi connectivity index (χ4v) is 8.65. The van der Waals surface area contributed by atoms with Crippen LogP contribution in [0, 0.1) is 0 Å². The molecule has 0 amide bonds. The first-order valence-corrected chi connectivity index (χ1v) is 10.9. The molecule has 0 aromatic heterocycles. The summed E-state index contributed by atoms with van der Waals surface area (Å²) in [7, 11) is -2.53. The summed E-state index contributed by atoms with van der Waals surface area (Å²) in [6.45, 7) is 10.8. The molecule has 0 radical (unpaired) electrons. The summed E-state index contributed by atoms with van der Waals surface area (Å²) >= 11 is 0. The molecular formula is C22H28O2Si. The van der Waals surface area contributed by atoms with E-state index >= 15 is 0 Å². The Morgan fingerprint density at radius 3 is 1.80 bits per heavy atom. The van der Waals surface area contributed by atoms with Crippen LogP contribution in [0.25, 0.3) is 0 Å². The van der Waals surface area contributed by atoms with Gasteiger partial charge in [-0.2, -0.15) is 0 Å². The van der Waals surface area contributed by atoms with Gasteiger partial charge in [0.2, 0.25) is 0 Å². The Balaban J connectivity index is 2.14. The Kier molecular flexibility index (Phi) is 5.01. The van der Waals surface area contributed by atoms with E-state index in [2.05, 4.69) is 88.0 Å². The fourth-order valence-electron chi connectivity index (χ4n) is 3.96. The molecule has 1 aliphatic rings. The Labute approximate surface area is 152 Å². The quantitative estimate of drug-likeness (QED) is 0.672. The largest absolute Gasteiger partial charge is 0.404 e. The van der Waals surface area contributed by atoms with E-state index in [1.807, 2.05) is 0 Å². The second-order valence-electron chi connectivity index (χ2n) is 8.02. The predicted octanol–water partition coefficient (Wildman–Crippen LogP) is 3.64. The zero-order valence-electron chi connectivity index (χ0n) is 15.4. The lowest BCUT2D eigenvalue weighted by Gasteiger charge is -2.44. The second-order valence-corrected chi connectivity index (χ2v) is 12.3. The van der Waals surface area contributed by atoms with E-state index in [-0.39, 0.29) is 11.1 Å². The zero-order valence-corrected chi connectivity index (χ0v) is 16.4. The number of benzene rings is 2. The van der Waals surface area contributed by atoms with Crippen LogP contribution in [-0.4, -0.2) is 25.6 Å². The highest BCUT2D eigenvalue weighted by Crippen LogP contribution is 2.40. The summed E-state index contributed by atoms with van der Waals surface area (Å²) in [6.07, 6.45) is 0.964. The Morgan fingerprint density at radius 2 is 1.44 bits per heavy atom. The van der Waals surface area contributed by atoms with Crippen molar-refractivity contribution in [3.8, 4) is 0 Å². The van der Waals surface area contributed by atoms with Crippen molar-refractivity contribution in [2.75, 3.05) is 0 Å². The Morgan fingerprint density at radius 1 is 0.960 bits per heavy atom. The third kappa shape index (κ3) is 3.37. The molecule has 0 aliphatic heterocycles. The van der Waals surface area contributed by atoms with Gasteiger partial charge in [-0.25, -0.2) is 0 Å². The van der Waals surface area contributed by atoms with E-state index in [1.54, 1.807) is 0 Å². The van der Waals surface area contributed by atoms with Crippen LogP contribution in [-0.2, 0) is 4.43 Å². The molecule has 2 aromatic rings. The maximum absolute atomic E-state index is 10.1. The van der Waals surface area contributed by atoms with Crippen LogP contribution >= 0.6 is 0 Å². The molecule has 3 rings (SSSR count). The monoisotopic (exact) mass is 352 g/mol. The molecule has 0 saturated heterocycles. The van der Waals surface area contributed by atoms with Gasteiger partial charge in [-0.15, -0.1) is 0 Å². The summed E-state index contributed by atoms with van der Waals surface area (Å²) in [5.74, 6) is 0. The molecular weight excluding hydrogens is 324 g/mol. The van der Waals surface area contributed by atoms with Crippen LogP contribution in [0.15, 0.2) is 72.8 Å². The average Bonchev–Trinajstić information content (AvgIpc) is 2.91. The topological polar surface area (TPSA) is 29.5 Å². The van der Waals surface area contributed by atoms with Crippen molar-refractivity contribution in [1.82, 2.24) is 0 Å². The average molecular weight is 353 g/mol. The second kappa shape index (κ2) is 6.91. The van der Waals surface area contributed by atoms with Crippen LogP contribution in [0.5, 0.6) is 0 Å². The molecule has 1 saturated carbocycles. The van der Waals surface area contributed by atoms with Crippen LogP contribution in [0.2, 0.25) is 5.04 Å². The number of hydrogen-bond donors (Lipinski definition) is 1. The normalized spacial score (nSPS) is 21.5. The minimum atomic E-state index is -2.53. The van der Waals surface area contributed by atoms with E-state index in [0.29, 0.717) is 6.42 Å². The van der Waals surface area contributed by atoms with Crippen molar-refractivity contribution in [1.29, 1.82) is 0 Å². The molecule has 1 fully saturated rings. The molecule has 3 heteroatoms. The van der Waals surface area contributed by atoms with Gasteiger partial charge in [-0.1, -0.05) is 88.0 Å².